The Kier molecular flexibility index (Phi) is 7.15. The normalized spacial score (nSPS) is 12.4. The topological polar surface area (TPSA) is 119 Å². The summed E-state index contributed by atoms with van der Waals surface area (Å²) in [6, 6.07) is 5.58. The lowest BCUT2D eigenvalue weighted by atomic mass is 10.1. The Morgan fingerprint density at radius 2 is 1.93 bits per heavy atom. The SMILES string of the molecule is Cc1ccc(NC(=O)C(C)OC(=O)CCNS(=O)(=O)c2cn(C)c(C)n2)c(C)c1. The van der Waals surface area contributed by atoms with Crippen LogP contribution in [0.25, 0.3) is 0 Å². The smallest absolute Gasteiger partial charge is 0.307 e. The first-order valence-electron chi connectivity index (χ1n) is 9.07. The van der Waals surface area contributed by atoms with E-state index in [1.807, 2.05) is 26.0 Å². The van der Waals surface area contributed by atoms with Crippen molar-refractivity contribution < 1.29 is 22.7 Å². The van der Waals surface area contributed by atoms with Crippen LogP contribution >= 0.6 is 0 Å². The van der Waals surface area contributed by atoms with Gasteiger partial charge in [0, 0.05) is 25.5 Å². The van der Waals surface area contributed by atoms with Crippen molar-refractivity contribution in [1.82, 2.24) is 14.3 Å². The van der Waals surface area contributed by atoms with Crippen LogP contribution in [0.2, 0.25) is 0 Å². The second kappa shape index (κ2) is 9.19. The minimum atomic E-state index is -3.82. The first-order chi connectivity index (χ1) is 13.5. The van der Waals surface area contributed by atoms with Gasteiger partial charge < -0.3 is 14.6 Å². The molecular formula is C19H26N4O5S. The van der Waals surface area contributed by atoms with Gasteiger partial charge in [0.15, 0.2) is 11.1 Å². The van der Waals surface area contributed by atoms with Gasteiger partial charge in [-0.1, -0.05) is 17.7 Å². The summed E-state index contributed by atoms with van der Waals surface area (Å²) in [7, 11) is -2.14. The third kappa shape index (κ3) is 6.13. The Morgan fingerprint density at radius 3 is 2.52 bits per heavy atom. The molecule has 2 N–H and O–H groups in total. The van der Waals surface area contributed by atoms with Crippen LogP contribution in [0.1, 0.15) is 30.3 Å². The molecule has 0 radical (unpaired) electrons. The molecule has 0 aliphatic heterocycles. The van der Waals surface area contributed by atoms with Crippen LogP contribution in [-0.4, -0.2) is 42.5 Å². The number of carbonyl (C=O) groups is 2. The number of rotatable bonds is 8. The van der Waals surface area contributed by atoms with Crippen LogP contribution in [0.5, 0.6) is 0 Å². The van der Waals surface area contributed by atoms with Gasteiger partial charge in [0.25, 0.3) is 15.9 Å². The molecule has 1 unspecified atom stereocenters. The van der Waals surface area contributed by atoms with E-state index in [0.29, 0.717) is 11.5 Å². The summed E-state index contributed by atoms with van der Waals surface area (Å²) in [6.07, 6.45) is 0.153. The molecule has 1 aromatic carbocycles. The van der Waals surface area contributed by atoms with E-state index < -0.39 is 28.0 Å². The third-order valence-corrected chi connectivity index (χ3v) is 5.63. The van der Waals surface area contributed by atoms with Crippen molar-refractivity contribution in [3.63, 3.8) is 0 Å². The lowest BCUT2D eigenvalue weighted by Gasteiger charge is -2.15. The maximum atomic E-state index is 12.2. The van der Waals surface area contributed by atoms with E-state index in [2.05, 4.69) is 15.0 Å². The van der Waals surface area contributed by atoms with E-state index in [1.165, 1.54) is 13.1 Å². The van der Waals surface area contributed by atoms with E-state index in [1.54, 1.807) is 24.6 Å². The molecule has 2 rings (SSSR count). The highest BCUT2D eigenvalue weighted by Crippen LogP contribution is 2.16. The number of nitrogens with one attached hydrogen (secondary N) is 2. The number of carbonyl (C=O) groups excluding carboxylic acids is 2. The second-order valence-corrected chi connectivity index (χ2v) is 8.54. The molecular weight excluding hydrogens is 396 g/mol. The second-order valence-electron chi connectivity index (χ2n) is 6.82. The van der Waals surface area contributed by atoms with Gasteiger partial charge in [-0.3, -0.25) is 9.59 Å². The van der Waals surface area contributed by atoms with E-state index >= 15 is 0 Å². The number of nitrogens with zero attached hydrogens (tertiary/aromatic N) is 2. The summed E-state index contributed by atoms with van der Waals surface area (Å²) in [5.74, 6) is -0.601. The molecule has 10 heteroatoms. The number of aromatic nitrogens is 2. The van der Waals surface area contributed by atoms with Crippen molar-refractivity contribution in [2.45, 2.75) is 45.2 Å². The van der Waals surface area contributed by atoms with Gasteiger partial charge in [0.05, 0.1) is 6.42 Å². The van der Waals surface area contributed by atoms with Gasteiger partial charge >= 0.3 is 5.97 Å². The zero-order valence-electron chi connectivity index (χ0n) is 17.1. The maximum Gasteiger partial charge on any atom is 0.307 e. The number of ether oxygens (including phenoxy) is 1. The highest BCUT2D eigenvalue weighted by atomic mass is 32.2. The molecule has 0 fully saturated rings. The lowest BCUT2D eigenvalue weighted by Crippen LogP contribution is -2.32. The minimum Gasteiger partial charge on any atom is -0.452 e. The van der Waals surface area contributed by atoms with E-state index in [0.717, 1.165) is 11.1 Å². The van der Waals surface area contributed by atoms with Gasteiger partial charge in [-0.15, -0.1) is 0 Å². The molecule has 0 saturated carbocycles. The predicted molar refractivity (Wildman–Crippen MR) is 108 cm³/mol. The molecule has 29 heavy (non-hydrogen) atoms. The molecule has 1 amide bonds. The molecule has 1 aromatic heterocycles. The number of imidazole rings is 1. The van der Waals surface area contributed by atoms with Crippen molar-refractivity contribution in [2.75, 3.05) is 11.9 Å². The first kappa shape index (κ1) is 22.6. The van der Waals surface area contributed by atoms with Gasteiger partial charge in [-0.05, 0) is 39.3 Å². The van der Waals surface area contributed by atoms with Crippen molar-refractivity contribution in [3.05, 3.63) is 41.3 Å². The average molecular weight is 423 g/mol. The molecule has 2 aromatic rings. The van der Waals surface area contributed by atoms with Crippen molar-refractivity contribution in [3.8, 4) is 0 Å². The average Bonchev–Trinajstić information content (AvgIpc) is 2.97. The van der Waals surface area contributed by atoms with Crippen LogP contribution < -0.4 is 10.0 Å². The molecule has 0 aliphatic carbocycles. The van der Waals surface area contributed by atoms with Crippen LogP contribution in [0, 0.1) is 20.8 Å². The number of amides is 1. The summed E-state index contributed by atoms with van der Waals surface area (Å²) >= 11 is 0. The Bertz CT molecular complexity index is 994. The van der Waals surface area contributed by atoms with Crippen LogP contribution in [0.3, 0.4) is 0 Å². The fourth-order valence-electron chi connectivity index (χ4n) is 2.51. The van der Waals surface area contributed by atoms with Gasteiger partial charge in [0.2, 0.25) is 0 Å². The predicted octanol–water partition coefficient (Wildman–Crippen LogP) is 1.58. The minimum absolute atomic E-state index is 0.118. The molecule has 9 nitrogen and oxygen atoms in total. The first-order valence-corrected chi connectivity index (χ1v) is 10.5. The fraction of sp³-hybridized carbons (Fsp3) is 0.421. The summed E-state index contributed by atoms with van der Waals surface area (Å²) < 4.78 is 33.3. The number of sulfonamides is 1. The standard InChI is InChI=1S/C19H26N4O5S/c1-12-6-7-16(13(2)10-12)22-19(25)14(3)28-18(24)8-9-20-29(26,27)17-11-23(5)15(4)21-17/h6-7,10-11,14,20H,8-9H2,1-5H3,(H,22,25). The quantitative estimate of drug-likeness (QED) is 0.624. The summed E-state index contributed by atoms with van der Waals surface area (Å²) in [5, 5.41) is 2.60. The number of aryl methyl sites for hydroxylation is 4. The number of anilines is 1. The largest absolute Gasteiger partial charge is 0.452 e. The van der Waals surface area contributed by atoms with Gasteiger partial charge in [-0.2, -0.15) is 0 Å². The molecule has 0 spiro atoms. The Morgan fingerprint density at radius 1 is 1.24 bits per heavy atom. The molecule has 1 heterocycles. The van der Waals surface area contributed by atoms with Crippen LogP contribution in [0.4, 0.5) is 5.69 Å². The number of hydrogen-bond acceptors (Lipinski definition) is 6. The van der Waals surface area contributed by atoms with Crippen LogP contribution in [0.15, 0.2) is 29.4 Å². The molecule has 0 saturated heterocycles. The Hall–Kier alpha value is -2.72. The van der Waals surface area contributed by atoms with Crippen molar-refractivity contribution >= 4 is 27.6 Å². The number of benzene rings is 1. The Labute approximate surface area is 170 Å². The highest BCUT2D eigenvalue weighted by Gasteiger charge is 2.21. The zero-order chi connectivity index (χ0) is 21.8. The lowest BCUT2D eigenvalue weighted by molar-refractivity contribution is -0.152. The van der Waals surface area contributed by atoms with Crippen LogP contribution in [-0.2, 0) is 31.4 Å². The third-order valence-electron chi connectivity index (χ3n) is 4.30. The Balaban J connectivity index is 1.82. The number of esters is 1. The molecule has 1 atom stereocenters. The summed E-state index contributed by atoms with van der Waals surface area (Å²) in [6.45, 7) is 6.79. The van der Waals surface area contributed by atoms with Crippen molar-refractivity contribution in [2.24, 2.45) is 7.05 Å². The summed E-state index contributed by atoms with van der Waals surface area (Å²) in [5.41, 5.74) is 2.61. The highest BCUT2D eigenvalue weighted by molar-refractivity contribution is 7.89. The fourth-order valence-corrected chi connectivity index (χ4v) is 3.58. The van der Waals surface area contributed by atoms with Gasteiger partial charge in [0.1, 0.15) is 5.82 Å². The van der Waals surface area contributed by atoms with Crippen molar-refractivity contribution in [1.29, 1.82) is 0 Å². The number of hydrogen-bond donors (Lipinski definition) is 2. The van der Waals surface area contributed by atoms with Gasteiger partial charge in [-0.25, -0.2) is 18.1 Å². The van der Waals surface area contributed by atoms with E-state index in [-0.39, 0.29) is 18.0 Å². The maximum absolute atomic E-state index is 12.2. The van der Waals surface area contributed by atoms with E-state index in [9.17, 15) is 18.0 Å². The monoisotopic (exact) mass is 422 g/mol. The molecule has 158 valence electrons. The summed E-state index contributed by atoms with van der Waals surface area (Å²) in [4.78, 5) is 28.1. The van der Waals surface area contributed by atoms with E-state index in [4.69, 9.17) is 4.74 Å². The zero-order valence-corrected chi connectivity index (χ0v) is 18.0. The molecule has 0 aliphatic rings. The molecule has 0 bridgehead atoms.